The first-order valence-electron chi connectivity index (χ1n) is 11.6. The summed E-state index contributed by atoms with van der Waals surface area (Å²) in [6.07, 6.45) is 3.32. The summed E-state index contributed by atoms with van der Waals surface area (Å²) in [5.74, 6) is -0.745. The van der Waals surface area contributed by atoms with E-state index in [0.29, 0.717) is 6.04 Å². The maximum atomic E-state index is 14.2. The van der Waals surface area contributed by atoms with Crippen LogP contribution >= 0.6 is 0 Å². The molecule has 0 bridgehead atoms. The Balaban J connectivity index is 1.42. The summed E-state index contributed by atoms with van der Waals surface area (Å²) in [5, 5.41) is 13.6. The van der Waals surface area contributed by atoms with Crippen LogP contribution in [0.4, 0.5) is 15.9 Å². The molecule has 1 N–H and O–H groups in total. The number of carbonyl (C=O) groups is 1. The third-order valence-electron chi connectivity index (χ3n) is 6.30. The number of ether oxygens (including phenoxy) is 1. The molecule has 1 aromatic heterocycles. The van der Waals surface area contributed by atoms with Crippen LogP contribution in [-0.4, -0.2) is 58.8 Å². The van der Waals surface area contributed by atoms with Crippen LogP contribution in [0.5, 0.6) is 11.5 Å². The minimum Gasteiger partial charge on any atom is -0.454 e. The number of carbonyl (C=O) groups excluding carboxylic acids is 1. The SMILES string of the molecule is CN(C)C1CCN(CC(=O)Nc2cc(Oc3ccc([N+](=O)[O-])cc3F)ccn2)C(c2ccccc2)C1. The van der Waals surface area contributed by atoms with Crippen molar-refractivity contribution in [1.29, 1.82) is 0 Å². The number of amides is 1. The first kappa shape index (κ1) is 25.2. The Morgan fingerprint density at radius 1 is 1.22 bits per heavy atom. The largest absolute Gasteiger partial charge is 0.454 e. The summed E-state index contributed by atoms with van der Waals surface area (Å²) in [4.78, 5) is 31.6. The van der Waals surface area contributed by atoms with Gasteiger partial charge in [0.1, 0.15) is 11.6 Å². The van der Waals surface area contributed by atoms with Crippen LogP contribution in [0.3, 0.4) is 0 Å². The van der Waals surface area contributed by atoms with Gasteiger partial charge in [0, 0.05) is 37.0 Å². The Bertz CT molecular complexity index is 1220. The lowest BCUT2D eigenvalue weighted by Gasteiger charge is -2.41. The number of benzene rings is 2. The first-order chi connectivity index (χ1) is 17.3. The van der Waals surface area contributed by atoms with Crippen molar-refractivity contribution in [2.24, 2.45) is 0 Å². The molecule has 1 fully saturated rings. The molecule has 1 saturated heterocycles. The molecule has 188 valence electrons. The topological polar surface area (TPSA) is 101 Å². The monoisotopic (exact) mass is 493 g/mol. The average Bonchev–Trinajstić information content (AvgIpc) is 2.86. The second kappa shape index (κ2) is 11.2. The number of likely N-dealkylation sites (tertiary alicyclic amines) is 1. The highest BCUT2D eigenvalue weighted by atomic mass is 19.1. The van der Waals surface area contributed by atoms with Crippen LogP contribution in [0.15, 0.2) is 66.9 Å². The number of nitrogens with one attached hydrogen (secondary N) is 1. The zero-order chi connectivity index (χ0) is 25.7. The molecule has 2 unspecified atom stereocenters. The number of hydrogen-bond donors (Lipinski definition) is 1. The first-order valence-corrected chi connectivity index (χ1v) is 11.6. The lowest BCUT2D eigenvalue weighted by molar-refractivity contribution is -0.385. The number of rotatable bonds is 8. The fraction of sp³-hybridized carbons (Fsp3) is 0.308. The molecular weight excluding hydrogens is 465 g/mol. The van der Waals surface area contributed by atoms with Crippen molar-refractivity contribution in [3.05, 3.63) is 88.4 Å². The van der Waals surface area contributed by atoms with E-state index in [2.05, 4.69) is 46.3 Å². The maximum absolute atomic E-state index is 14.2. The molecule has 2 heterocycles. The molecule has 9 nitrogen and oxygen atoms in total. The van der Waals surface area contributed by atoms with Gasteiger partial charge in [0.15, 0.2) is 11.6 Å². The Morgan fingerprint density at radius 3 is 2.69 bits per heavy atom. The lowest BCUT2D eigenvalue weighted by atomic mass is 9.91. The van der Waals surface area contributed by atoms with E-state index in [0.717, 1.165) is 31.5 Å². The maximum Gasteiger partial charge on any atom is 0.272 e. The van der Waals surface area contributed by atoms with Crippen LogP contribution in [0.1, 0.15) is 24.4 Å². The van der Waals surface area contributed by atoms with E-state index in [1.807, 2.05) is 18.2 Å². The number of non-ortho nitro benzene ring substituents is 1. The van der Waals surface area contributed by atoms with Crippen molar-refractivity contribution in [2.45, 2.75) is 24.9 Å². The van der Waals surface area contributed by atoms with Gasteiger partial charge in [-0.1, -0.05) is 30.3 Å². The number of nitro benzene ring substituents is 1. The van der Waals surface area contributed by atoms with Gasteiger partial charge in [-0.15, -0.1) is 0 Å². The highest BCUT2D eigenvalue weighted by molar-refractivity contribution is 5.91. The Kier molecular flexibility index (Phi) is 7.87. The number of nitrogens with zero attached hydrogens (tertiary/aromatic N) is 4. The Morgan fingerprint density at radius 2 is 2.00 bits per heavy atom. The molecule has 0 aliphatic carbocycles. The number of pyridine rings is 1. The van der Waals surface area contributed by atoms with Gasteiger partial charge in [-0.25, -0.2) is 9.37 Å². The van der Waals surface area contributed by atoms with Gasteiger partial charge < -0.3 is 15.0 Å². The highest BCUT2D eigenvalue weighted by Gasteiger charge is 2.31. The van der Waals surface area contributed by atoms with Crippen LogP contribution < -0.4 is 10.1 Å². The van der Waals surface area contributed by atoms with E-state index in [4.69, 9.17) is 4.74 Å². The van der Waals surface area contributed by atoms with Crippen LogP contribution in [0.2, 0.25) is 0 Å². The molecule has 1 amide bonds. The van der Waals surface area contributed by atoms with Gasteiger partial charge in [0.2, 0.25) is 5.91 Å². The predicted molar refractivity (Wildman–Crippen MR) is 133 cm³/mol. The number of halogens is 1. The van der Waals surface area contributed by atoms with Crippen molar-refractivity contribution >= 4 is 17.4 Å². The zero-order valence-corrected chi connectivity index (χ0v) is 20.1. The molecule has 0 radical (unpaired) electrons. The van der Waals surface area contributed by atoms with Gasteiger partial charge >= 0.3 is 0 Å². The molecule has 2 aromatic carbocycles. The number of piperidine rings is 1. The normalized spacial score (nSPS) is 18.1. The van der Waals surface area contributed by atoms with E-state index >= 15 is 0 Å². The minimum absolute atomic E-state index is 0.117. The Hall–Kier alpha value is -3.89. The van der Waals surface area contributed by atoms with E-state index in [1.165, 1.54) is 30.0 Å². The third kappa shape index (κ3) is 6.21. The van der Waals surface area contributed by atoms with Crippen molar-refractivity contribution < 1.29 is 18.8 Å². The van der Waals surface area contributed by atoms with Crippen LogP contribution in [-0.2, 0) is 4.79 Å². The number of aromatic nitrogens is 1. The lowest BCUT2D eigenvalue weighted by Crippen LogP contribution is -2.46. The molecular formula is C26H28FN5O4. The summed E-state index contributed by atoms with van der Waals surface area (Å²) in [6, 6.07) is 16.9. The molecule has 2 atom stereocenters. The molecule has 1 aliphatic heterocycles. The van der Waals surface area contributed by atoms with Crippen molar-refractivity contribution in [2.75, 3.05) is 32.5 Å². The van der Waals surface area contributed by atoms with Gasteiger partial charge in [0.25, 0.3) is 5.69 Å². The molecule has 0 saturated carbocycles. The average molecular weight is 494 g/mol. The van der Waals surface area contributed by atoms with E-state index in [1.54, 1.807) is 0 Å². The number of nitro groups is 1. The van der Waals surface area contributed by atoms with Gasteiger partial charge in [-0.3, -0.25) is 19.8 Å². The standard InChI is InChI=1S/C26H28FN5O4/c1-30(2)19-11-13-31(23(15-19)18-6-4-3-5-7-18)17-26(33)29-25-16-21(10-12-28-25)36-24-9-8-20(32(34)35)14-22(24)27/h3-10,12,14,16,19,23H,11,13,15,17H2,1-2H3,(H,28,29,33). The molecule has 4 rings (SSSR count). The summed E-state index contributed by atoms with van der Waals surface area (Å²) >= 11 is 0. The van der Waals surface area contributed by atoms with Gasteiger partial charge in [-0.2, -0.15) is 0 Å². The van der Waals surface area contributed by atoms with Gasteiger partial charge in [-0.05, 0) is 44.6 Å². The summed E-state index contributed by atoms with van der Waals surface area (Å²) < 4.78 is 19.7. The van der Waals surface area contributed by atoms with Crippen molar-refractivity contribution in [1.82, 2.24) is 14.8 Å². The second-order valence-electron chi connectivity index (χ2n) is 8.94. The van der Waals surface area contributed by atoms with E-state index < -0.39 is 10.7 Å². The summed E-state index contributed by atoms with van der Waals surface area (Å²) in [6.45, 7) is 0.981. The Labute approximate surface area is 208 Å². The van der Waals surface area contributed by atoms with Crippen molar-refractivity contribution in [3.63, 3.8) is 0 Å². The third-order valence-corrected chi connectivity index (χ3v) is 6.30. The molecule has 10 heteroatoms. The number of hydrogen-bond acceptors (Lipinski definition) is 7. The second-order valence-corrected chi connectivity index (χ2v) is 8.94. The molecule has 36 heavy (non-hydrogen) atoms. The van der Waals surface area contributed by atoms with Gasteiger partial charge in [0.05, 0.1) is 17.5 Å². The van der Waals surface area contributed by atoms with Crippen molar-refractivity contribution in [3.8, 4) is 11.5 Å². The van der Waals surface area contributed by atoms with E-state index in [-0.39, 0.29) is 41.5 Å². The summed E-state index contributed by atoms with van der Waals surface area (Å²) in [5.41, 5.74) is 0.807. The molecule has 0 spiro atoms. The molecule has 3 aromatic rings. The van der Waals surface area contributed by atoms with Crippen LogP contribution in [0, 0.1) is 15.9 Å². The summed E-state index contributed by atoms with van der Waals surface area (Å²) in [7, 11) is 4.16. The smallest absolute Gasteiger partial charge is 0.272 e. The molecule has 1 aliphatic rings. The zero-order valence-electron chi connectivity index (χ0n) is 20.1. The minimum atomic E-state index is -0.861. The fourth-order valence-electron chi connectivity index (χ4n) is 4.40. The highest BCUT2D eigenvalue weighted by Crippen LogP contribution is 2.33. The van der Waals surface area contributed by atoms with Crippen LogP contribution in [0.25, 0.3) is 0 Å². The quantitative estimate of drug-likeness (QED) is 0.361. The number of anilines is 1. The fourth-order valence-corrected chi connectivity index (χ4v) is 4.40. The van der Waals surface area contributed by atoms with E-state index in [9.17, 15) is 19.3 Å². The predicted octanol–water partition coefficient (Wildman–Crippen LogP) is 4.63.